The highest BCUT2D eigenvalue weighted by Crippen LogP contribution is 2.35. The number of fused-ring (bicyclic) bond motifs is 1. The molecule has 26 heavy (non-hydrogen) atoms. The number of pyridine rings is 1. The Bertz CT molecular complexity index is 986. The molecule has 0 saturated heterocycles. The van der Waals surface area contributed by atoms with Crippen molar-refractivity contribution in [2.75, 3.05) is 12.3 Å². The van der Waals surface area contributed by atoms with Gasteiger partial charge >= 0.3 is 0 Å². The Morgan fingerprint density at radius 2 is 1.96 bits per heavy atom. The van der Waals surface area contributed by atoms with Gasteiger partial charge in [-0.1, -0.05) is 48.9 Å². The Balaban J connectivity index is 2.10. The highest BCUT2D eigenvalue weighted by Gasteiger charge is 2.16. The summed E-state index contributed by atoms with van der Waals surface area (Å²) in [7, 11) is 0. The summed E-state index contributed by atoms with van der Waals surface area (Å²) < 4.78 is 0. The maximum Gasteiger partial charge on any atom is 0.262 e. The number of H-pyrrole nitrogens is 1. The molecule has 2 N–H and O–H groups in total. The fourth-order valence-corrected chi connectivity index (χ4v) is 3.83. The Morgan fingerprint density at radius 1 is 1.19 bits per heavy atom. The minimum Gasteiger partial charge on any atom is -0.355 e. The van der Waals surface area contributed by atoms with Gasteiger partial charge in [-0.3, -0.25) is 9.59 Å². The molecule has 0 spiro atoms. The highest BCUT2D eigenvalue weighted by atomic mass is 35.5. The third-order valence-electron chi connectivity index (χ3n) is 3.91. The number of carbonyl (C=O) groups excluding carboxylic acids is 1. The minimum absolute atomic E-state index is 0.0820. The van der Waals surface area contributed by atoms with Gasteiger partial charge in [-0.2, -0.15) is 0 Å². The van der Waals surface area contributed by atoms with Gasteiger partial charge < -0.3 is 10.3 Å². The molecule has 1 aromatic heterocycles. The van der Waals surface area contributed by atoms with Gasteiger partial charge in [0.05, 0.1) is 10.6 Å². The number of rotatable bonds is 6. The lowest BCUT2D eigenvalue weighted by molar-refractivity contribution is -0.118. The second-order valence-electron chi connectivity index (χ2n) is 5.85. The molecule has 0 atom stereocenters. The van der Waals surface area contributed by atoms with E-state index in [9.17, 15) is 9.59 Å². The fraction of sp³-hybridized carbons (Fsp3) is 0.200. The number of amides is 1. The molecule has 0 fully saturated rings. The van der Waals surface area contributed by atoms with E-state index in [1.807, 2.05) is 43.3 Å². The molecular formula is C20H19ClN2O2S. The van der Waals surface area contributed by atoms with Crippen LogP contribution in [0, 0.1) is 0 Å². The second kappa shape index (κ2) is 8.43. The number of hydrogen-bond acceptors (Lipinski definition) is 3. The van der Waals surface area contributed by atoms with Crippen LogP contribution in [0.15, 0.2) is 58.2 Å². The molecule has 0 aliphatic carbocycles. The van der Waals surface area contributed by atoms with Gasteiger partial charge in [0.1, 0.15) is 0 Å². The highest BCUT2D eigenvalue weighted by molar-refractivity contribution is 8.00. The van der Waals surface area contributed by atoms with E-state index in [2.05, 4.69) is 10.3 Å². The normalized spacial score (nSPS) is 10.8. The number of aromatic amines is 1. The molecule has 0 aliphatic rings. The Hall–Kier alpha value is -2.24. The Labute approximate surface area is 161 Å². The lowest BCUT2D eigenvalue weighted by Crippen LogP contribution is -2.26. The molecule has 6 heteroatoms. The van der Waals surface area contributed by atoms with E-state index in [1.54, 1.807) is 12.1 Å². The third kappa shape index (κ3) is 4.11. The predicted octanol–water partition coefficient (Wildman–Crippen LogP) is 4.47. The summed E-state index contributed by atoms with van der Waals surface area (Å²) in [4.78, 5) is 28.1. The molecule has 134 valence electrons. The average Bonchev–Trinajstić information content (AvgIpc) is 2.65. The fourth-order valence-electron chi connectivity index (χ4n) is 2.73. The zero-order chi connectivity index (χ0) is 18.5. The van der Waals surface area contributed by atoms with E-state index in [4.69, 9.17) is 11.6 Å². The van der Waals surface area contributed by atoms with Crippen molar-refractivity contribution in [3.8, 4) is 11.1 Å². The van der Waals surface area contributed by atoms with Crippen LogP contribution in [0.5, 0.6) is 0 Å². The van der Waals surface area contributed by atoms with E-state index < -0.39 is 0 Å². The van der Waals surface area contributed by atoms with Crippen molar-refractivity contribution in [3.63, 3.8) is 0 Å². The smallest absolute Gasteiger partial charge is 0.262 e. The number of carbonyl (C=O) groups is 1. The molecule has 0 aliphatic heterocycles. The molecule has 1 heterocycles. The minimum atomic E-state index is -0.202. The number of halogens is 1. The number of benzene rings is 2. The van der Waals surface area contributed by atoms with Crippen LogP contribution in [0.3, 0.4) is 0 Å². The standard InChI is InChI=1S/C20H19ClN2O2S/c1-2-10-22-17(24)12-26-19-18(13-6-4-3-5-7-13)15-11-14(21)8-9-16(15)23-20(19)25/h3-9,11H,2,10,12H2,1H3,(H,22,24)(H,23,25). The van der Waals surface area contributed by atoms with Crippen molar-refractivity contribution >= 4 is 40.2 Å². The zero-order valence-electron chi connectivity index (χ0n) is 14.3. The first-order valence-electron chi connectivity index (χ1n) is 8.40. The van der Waals surface area contributed by atoms with Crippen LogP contribution in [-0.4, -0.2) is 23.2 Å². The summed E-state index contributed by atoms with van der Waals surface area (Å²) in [5.74, 6) is 0.107. The van der Waals surface area contributed by atoms with Crippen molar-refractivity contribution in [1.29, 1.82) is 0 Å². The molecule has 1 amide bonds. The van der Waals surface area contributed by atoms with Gasteiger partial charge in [-0.25, -0.2) is 0 Å². The van der Waals surface area contributed by atoms with Crippen LogP contribution < -0.4 is 10.9 Å². The lowest BCUT2D eigenvalue weighted by Gasteiger charge is -2.13. The van der Waals surface area contributed by atoms with E-state index >= 15 is 0 Å². The monoisotopic (exact) mass is 386 g/mol. The van der Waals surface area contributed by atoms with Crippen LogP contribution >= 0.6 is 23.4 Å². The van der Waals surface area contributed by atoms with Gasteiger partial charge in [0.25, 0.3) is 5.56 Å². The predicted molar refractivity (Wildman–Crippen MR) is 109 cm³/mol. The molecule has 3 rings (SSSR count). The maximum absolute atomic E-state index is 12.7. The van der Waals surface area contributed by atoms with Gasteiger partial charge in [0.2, 0.25) is 5.91 Å². The molecule has 0 unspecified atom stereocenters. The SMILES string of the molecule is CCCNC(=O)CSc1c(-c2ccccc2)c2cc(Cl)ccc2[nH]c1=O. The number of aromatic nitrogens is 1. The van der Waals surface area contributed by atoms with Gasteiger partial charge in [0, 0.05) is 28.0 Å². The molecular weight excluding hydrogens is 368 g/mol. The average molecular weight is 387 g/mol. The van der Waals surface area contributed by atoms with Crippen LogP contribution in [0.2, 0.25) is 5.02 Å². The quantitative estimate of drug-likeness (QED) is 0.614. The molecule has 0 saturated carbocycles. The number of nitrogens with one attached hydrogen (secondary N) is 2. The summed E-state index contributed by atoms with van der Waals surface area (Å²) in [6.45, 7) is 2.63. The summed E-state index contributed by atoms with van der Waals surface area (Å²) in [5, 5.41) is 4.29. The van der Waals surface area contributed by atoms with E-state index in [0.717, 1.165) is 28.5 Å². The maximum atomic E-state index is 12.7. The van der Waals surface area contributed by atoms with Gasteiger partial charge in [-0.15, -0.1) is 11.8 Å². The molecule has 0 bridgehead atoms. The first-order valence-corrected chi connectivity index (χ1v) is 9.77. The molecule has 4 nitrogen and oxygen atoms in total. The topological polar surface area (TPSA) is 62.0 Å². The first-order chi connectivity index (χ1) is 12.6. The van der Waals surface area contributed by atoms with Crippen molar-refractivity contribution in [3.05, 3.63) is 63.9 Å². The second-order valence-corrected chi connectivity index (χ2v) is 7.27. The van der Waals surface area contributed by atoms with Crippen LogP contribution in [0.4, 0.5) is 0 Å². The third-order valence-corrected chi connectivity index (χ3v) is 5.23. The summed E-state index contributed by atoms with van der Waals surface area (Å²) in [6, 6.07) is 15.1. The molecule has 2 aromatic carbocycles. The first kappa shape index (κ1) is 18.5. The Kier molecular flexibility index (Phi) is 6.01. The largest absolute Gasteiger partial charge is 0.355 e. The van der Waals surface area contributed by atoms with Crippen LogP contribution in [0.25, 0.3) is 22.0 Å². The number of hydrogen-bond donors (Lipinski definition) is 2. The van der Waals surface area contributed by atoms with Crippen LogP contribution in [0.1, 0.15) is 13.3 Å². The van der Waals surface area contributed by atoms with Crippen molar-refractivity contribution < 1.29 is 4.79 Å². The molecule has 0 radical (unpaired) electrons. The summed E-state index contributed by atoms with van der Waals surface area (Å²) >= 11 is 7.44. The number of thioether (sulfide) groups is 1. The lowest BCUT2D eigenvalue weighted by atomic mass is 10.0. The van der Waals surface area contributed by atoms with Crippen molar-refractivity contribution in [1.82, 2.24) is 10.3 Å². The zero-order valence-corrected chi connectivity index (χ0v) is 15.9. The van der Waals surface area contributed by atoms with E-state index in [1.165, 1.54) is 11.8 Å². The molecule has 3 aromatic rings. The van der Waals surface area contributed by atoms with Gasteiger partial charge in [0.15, 0.2) is 0 Å². The van der Waals surface area contributed by atoms with Crippen LogP contribution in [-0.2, 0) is 4.79 Å². The van der Waals surface area contributed by atoms with E-state index in [0.29, 0.717) is 16.5 Å². The van der Waals surface area contributed by atoms with Crippen molar-refractivity contribution in [2.45, 2.75) is 18.2 Å². The summed E-state index contributed by atoms with van der Waals surface area (Å²) in [5.41, 5.74) is 2.24. The Morgan fingerprint density at radius 3 is 2.69 bits per heavy atom. The van der Waals surface area contributed by atoms with Crippen molar-refractivity contribution in [2.24, 2.45) is 0 Å². The summed E-state index contributed by atoms with van der Waals surface area (Å²) in [6.07, 6.45) is 0.876. The van der Waals surface area contributed by atoms with E-state index in [-0.39, 0.29) is 17.2 Å². The van der Waals surface area contributed by atoms with Gasteiger partial charge in [-0.05, 0) is 30.2 Å².